The number of fused-ring (bicyclic) bond motifs is 1. The Bertz CT molecular complexity index is 426. The summed E-state index contributed by atoms with van der Waals surface area (Å²) in [6.07, 6.45) is 0. The molecule has 0 aromatic heterocycles. The van der Waals surface area contributed by atoms with Crippen LogP contribution in [-0.2, 0) is 0 Å². The molecule has 0 fully saturated rings. The quantitative estimate of drug-likeness (QED) is 0.733. The number of rotatable bonds is 1. The molecule has 76 valence electrons. The van der Waals surface area contributed by atoms with Crippen molar-refractivity contribution in [1.29, 1.82) is 0 Å². The molecule has 0 aromatic carbocycles. The van der Waals surface area contributed by atoms with E-state index in [9.17, 15) is 4.79 Å². The van der Waals surface area contributed by atoms with Gasteiger partial charge in [-0.2, -0.15) is 0 Å². The second-order valence-electron chi connectivity index (χ2n) is 2.93. The summed E-state index contributed by atoms with van der Waals surface area (Å²) in [5.74, 6) is 0.315. The van der Waals surface area contributed by atoms with Gasteiger partial charge < -0.3 is 5.32 Å². The maximum absolute atomic E-state index is 11.0. The Kier molecular flexibility index (Phi) is 2.45. The van der Waals surface area contributed by atoms with Crippen molar-refractivity contribution < 1.29 is 4.79 Å². The molecule has 0 radical (unpaired) electrons. The topological polar surface area (TPSA) is 66.9 Å². The molecule has 1 heterocycles. The average Bonchev–Trinajstić information content (AvgIpc) is 2.48. The van der Waals surface area contributed by atoms with Gasteiger partial charge in [0, 0.05) is 7.05 Å². The minimum absolute atomic E-state index is 0.315. The van der Waals surface area contributed by atoms with Gasteiger partial charge in [-0.3, -0.25) is 5.32 Å². The number of amides is 2. The smallest absolute Gasteiger partial charge is 0.321 e. The zero-order valence-electron chi connectivity index (χ0n) is 8.19. The number of hydrogen-bond donors (Lipinski definition) is 2. The first kappa shape index (κ1) is 9.39. The molecule has 0 saturated carbocycles. The lowest BCUT2D eigenvalue weighted by molar-refractivity contribution is 0.254. The third-order valence-corrected chi connectivity index (χ3v) is 1.90. The summed E-state index contributed by atoms with van der Waals surface area (Å²) < 4.78 is 0. The van der Waals surface area contributed by atoms with E-state index < -0.39 is 0 Å². The lowest BCUT2D eigenvalue weighted by Gasteiger charge is -1.96. The Morgan fingerprint density at radius 1 is 1.13 bits per heavy atom. The second-order valence-corrected chi connectivity index (χ2v) is 2.93. The van der Waals surface area contributed by atoms with Gasteiger partial charge in [-0.25, -0.2) is 14.8 Å². The number of nitrogens with one attached hydrogen (secondary N) is 2. The molecular weight excluding hydrogens is 192 g/mol. The van der Waals surface area contributed by atoms with E-state index in [2.05, 4.69) is 20.6 Å². The lowest BCUT2D eigenvalue weighted by atomic mass is 10.3. The van der Waals surface area contributed by atoms with Crippen LogP contribution < -0.4 is 10.6 Å². The predicted octanol–water partition coefficient (Wildman–Crippen LogP) is 1.33. The van der Waals surface area contributed by atoms with E-state index in [-0.39, 0.29) is 6.03 Å². The van der Waals surface area contributed by atoms with Gasteiger partial charge in [0.1, 0.15) is 0 Å². The summed E-state index contributed by atoms with van der Waals surface area (Å²) in [7, 11) is 1.54. The molecule has 0 unspecified atom stereocenters. The van der Waals surface area contributed by atoms with Crippen LogP contribution in [0.15, 0.2) is 30.3 Å². The molecule has 2 N–H and O–H groups in total. The fourth-order valence-corrected chi connectivity index (χ4v) is 1.19. The first-order valence-electron chi connectivity index (χ1n) is 4.51. The molecule has 0 atom stereocenters. The van der Waals surface area contributed by atoms with E-state index in [0.717, 1.165) is 11.4 Å². The molecule has 0 aromatic rings. The summed E-state index contributed by atoms with van der Waals surface area (Å²) in [5, 5.41) is 4.95. The largest absolute Gasteiger partial charge is 0.341 e. The van der Waals surface area contributed by atoms with E-state index in [4.69, 9.17) is 0 Å². The fourth-order valence-electron chi connectivity index (χ4n) is 1.19. The van der Waals surface area contributed by atoms with Gasteiger partial charge in [0.2, 0.25) is 5.95 Å². The summed E-state index contributed by atoms with van der Waals surface area (Å²) in [4.78, 5) is 19.3. The zero-order chi connectivity index (χ0) is 10.7. The van der Waals surface area contributed by atoms with Crippen LogP contribution in [0, 0.1) is 0 Å². The molecule has 1 aliphatic carbocycles. The van der Waals surface area contributed by atoms with Crippen molar-refractivity contribution in [2.45, 2.75) is 0 Å². The molecular formula is C10H10N4O. The van der Waals surface area contributed by atoms with Crippen LogP contribution in [0.2, 0.25) is 0 Å². The van der Waals surface area contributed by atoms with Crippen LogP contribution in [0.25, 0.3) is 11.4 Å². The Labute approximate surface area is 86.9 Å². The van der Waals surface area contributed by atoms with Crippen LogP contribution >= 0.6 is 0 Å². The highest BCUT2D eigenvalue weighted by atomic mass is 16.2. The third kappa shape index (κ3) is 2.01. The van der Waals surface area contributed by atoms with Crippen molar-refractivity contribution in [3.63, 3.8) is 0 Å². The van der Waals surface area contributed by atoms with Gasteiger partial charge in [0.15, 0.2) is 0 Å². The highest BCUT2D eigenvalue weighted by molar-refractivity contribution is 5.87. The number of anilines is 1. The van der Waals surface area contributed by atoms with Gasteiger partial charge in [-0.1, -0.05) is 18.2 Å². The Morgan fingerprint density at radius 2 is 1.73 bits per heavy atom. The first-order valence-corrected chi connectivity index (χ1v) is 4.51. The van der Waals surface area contributed by atoms with E-state index in [1.807, 2.05) is 30.3 Å². The molecule has 2 amide bonds. The number of carbonyl (C=O) groups excluding carboxylic acids is 1. The van der Waals surface area contributed by atoms with E-state index >= 15 is 0 Å². The van der Waals surface area contributed by atoms with E-state index in [1.165, 1.54) is 7.05 Å². The second kappa shape index (κ2) is 3.91. The number of nitrogens with zero attached hydrogens (tertiary/aromatic N) is 2. The number of urea groups is 1. The van der Waals surface area contributed by atoms with Gasteiger partial charge in [-0.15, -0.1) is 0 Å². The Morgan fingerprint density at radius 3 is 2.27 bits per heavy atom. The van der Waals surface area contributed by atoms with Crippen LogP contribution in [0.4, 0.5) is 10.7 Å². The van der Waals surface area contributed by atoms with Crippen LogP contribution in [0.5, 0.6) is 0 Å². The molecule has 2 rings (SSSR count). The molecule has 1 aliphatic heterocycles. The van der Waals surface area contributed by atoms with E-state index in [0.29, 0.717) is 5.95 Å². The van der Waals surface area contributed by atoms with Gasteiger partial charge >= 0.3 is 6.03 Å². The number of carbonyl (C=O) groups is 1. The standard InChI is InChI=1S/C10H10N4O/c1-11-10(15)14-9-12-7-5-3-2-4-6-8(7)13-9/h2-6H,1H3,(H2,11,12,13,14,15). The van der Waals surface area contributed by atoms with Crippen molar-refractivity contribution in [2.75, 3.05) is 12.4 Å². The monoisotopic (exact) mass is 202 g/mol. The Balaban J connectivity index is 2.32. The van der Waals surface area contributed by atoms with Crippen molar-refractivity contribution in [3.05, 3.63) is 30.3 Å². The average molecular weight is 202 g/mol. The van der Waals surface area contributed by atoms with Crippen LogP contribution in [-0.4, -0.2) is 23.0 Å². The predicted molar refractivity (Wildman–Crippen MR) is 56.7 cm³/mol. The molecule has 15 heavy (non-hydrogen) atoms. The minimum atomic E-state index is -0.324. The van der Waals surface area contributed by atoms with Crippen molar-refractivity contribution in [1.82, 2.24) is 15.3 Å². The fraction of sp³-hybridized carbons (Fsp3) is 0.100. The zero-order valence-corrected chi connectivity index (χ0v) is 8.19. The van der Waals surface area contributed by atoms with Crippen LogP contribution in [0.3, 0.4) is 0 Å². The van der Waals surface area contributed by atoms with Gasteiger partial charge in [0.25, 0.3) is 0 Å². The summed E-state index contributed by atoms with van der Waals surface area (Å²) >= 11 is 0. The highest BCUT2D eigenvalue weighted by Gasteiger charge is 2.09. The maximum Gasteiger partial charge on any atom is 0.321 e. The molecule has 5 heteroatoms. The molecule has 5 nitrogen and oxygen atoms in total. The normalized spacial score (nSPS) is 9.93. The van der Waals surface area contributed by atoms with Crippen LogP contribution in [0.1, 0.15) is 0 Å². The van der Waals surface area contributed by atoms with Crippen molar-refractivity contribution in [2.24, 2.45) is 0 Å². The molecule has 0 bridgehead atoms. The summed E-state index contributed by atoms with van der Waals surface area (Å²) in [6, 6.07) is 9.01. The van der Waals surface area contributed by atoms with Crippen molar-refractivity contribution in [3.8, 4) is 11.4 Å². The molecule has 0 saturated heterocycles. The maximum atomic E-state index is 11.0. The van der Waals surface area contributed by atoms with E-state index in [1.54, 1.807) is 0 Å². The number of aromatic nitrogens is 2. The highest BCUT2D eigenvalue weighted by Crippen LogP contribution is 2.18. The lowest BCUT2D eigenvalue weighted by Crippen LogP contribution is -2.24. The molecule has 0 spiro atoms. The van der Waals surface area contributed by atoms with Crippen molar-refractivity contribution >= 4 is 12.0 Å². The first-order chi connectivity index (χ1) is 7.29. The minimum Gasteiger partial charge on any atom is -0.341 e. The number of hydrogen-bond acceptors (Lipinski definition) is 3. The summed E-state index contributed by atoms with van der Waals surface area (Å²) in [5.41, 5.74) is 1.51. The Hall–Kier alpha value is -2.17. The SMILES string of the molecule is CNC(=O)Nc1nc2cccccc-2n1. The van der Waals surface area contributed by atoms with Gasteiger partial charge in [0.05, 0.1) is 11.4 Å². The summed E-state index contributed by atoms with van der Waals surface area (Å²) in [6.45, 7) is 0. The molecule has 2 aliphatic rings. The van der Waals surface area contributed by atoms with Gasteiger partial charge in [-0.05, 0) is 12.1 Å². The number of imidazole rings is 1. The third-order valence-electron chi connectivity index (χ3n) is 1.90.